The Morgan fingerprint density at radius 2 is 2.00 bits per heavy atom. The molecule has 3 rings (SSSR count). The van der Waals surface area contributed by atoms with Crippen molar-refractivity contribution in [2.24, 2.45) is 0 Å². The van der Waals surface area contributed by atoms with Gasteiger partial charge in [0, 0.05) is 30.9 Å². The van der Waals surface area contributed by atoms with E-state index in [0.29, 0.717) is 36.5 Å². The first kappa shape index (κ1) is 18.3. The molecule has 0 saturated heterocycles. The van der Waals surface area contributed by atoms with Crippen LogP contribution in [0.4, 0.5) is 5.82 Å². The number of rotatable bonds is 6. The lowest BCUT2D eigenvalue weighted by molar-refractivity contribution is 0.0953. The molecular formula is C21H21N5O. The maximum absolute atomic E-state index is 12.0. The summed E-state index contributed by atoms with van der Waals surface area (Å²) in [6.07, 6.45) is 3.88. The molecule has 0 unspecified atom stereocenters. The second-order valence-electron chi connectivity index (χ2n) is 6.40. The third-order valence-electron chi connectivity index (χ3n) is 4.41. The first-order chi connectivity index (χ1) is 13.1. The summed E-state index contributed by atoms with van der Waals surface area (Å²) in [5.74, 6) is 0.433. The number of anilines is 1. The smallest absolute Gasteiger partial charge is 0.252 e. The molecule has 2 N–H and O–H groups in total. The highest BCUT2D eigenvalue weighted by molar-refractivity contribution is 5.93. The molecule has 3 aromatic rings. The zero-order valence-electron chi connectivity index (χ0n) is 15.4. The van der Waals surface area contributed by atoms with Gasteiger partial charge in [0.05, 0.1) is 16.6 Å². The normalized spacial score (nSPS) is 10.4. The van der Waals surface area contributed by atoms with Crippen molar-refractivity contribution >= 4 is 22.6 Å². The minimum atomic E-state index is -0.143. The third kappa shape index (κ3) is 4.39. The van der Waals surface area contributed by atoms with Crippen molar-refractivity contribution in [3.63, 3.8) is 0 Å². The summed E-state index contributed by atoms with van der Waals surface area (Å²) in [7, 11) is 0. The predicted molar refractivity (Wildman–Crippen MR) is 106 cm³/mol. The van der Waals surface area contributed by atoms with Gasteiger partial charge in [0.2, 0.25) is 0 Å². The summed E-state index contributed by atoms with van der Waals surface area (Å²) in [5, 5.41) is 16.4. The van der Waals surface area contributed by atoms with E-state index in [0.717, 1.165) is 10.9 Å². The number of benzene rings is 1. The molecule has 1 amide bonds. The van der Waals surface area contributed by atoms with Crippen molar-refractivity contribution in [2.75, 3.05) is 18.4 Å². The fourth-order valence-corrected chi connectivity index (χ4v) is 2.76. The lowest BCUT2D eigenvalue weighted by Gasteiger charge is -2.11. The Morgan fingerprint density at radius 1 is 1.19 bits per heavy atom. The van der Waals surface area contributed by atoms with Gasteiger partial charge in [-0.1, -0.05) is 0 Å². The molecule has 27 heavy (non-hydrogen) atoms. The van der Waals surface area contributed by atoms with E-state index < -0.39 is 0 Å². The number of nitrogens with zero attached hydrogens (tertiary/aromatic N) is 3. The predicted octanol–water partition coefficient (Wildman–Crippen LogP) is 3.35. The van der Waals surface area contributed by atoms with Crippen LogP contribution in [0.2, 0.25) is 0 Å². The van der Waals surface area contributed by atoms with Crippen LogP contribution in [0.3, 0.4) is 0 Å². The van der Waals surface area contributed by atoms with Crippen LogP contribution in [-0.2, 0) is 0 Å². The molecule has 1 aromatic carbocycles. The van der Waals surface area contributed by atoms with E-state index >= 15 is 0 Å². The molecular weight excluding hydrogens is 338 g/mol. The van der Waals surface area contributed by atoms with Gasteiger partial charge >= 0.3 is 0 Å². The Hall–Kier alpha value is -3.46. The first-order valence-corrected chi connectivity index (χ1v) is 8.82. The standard InChI is InChI=1S/C21H21N5O/c1-14-9-17-11-18(12-22)20(26-19(17)10-15(14)2)24-7-4-8-25-21(27)16-5-3-6-23-13-16/h3,5-6,9-11,13H,4,7-8H2,1-2H3,(H,24,26)(H,25,27). The molecule has 0 spiro atoms. The Kier molecular flexibility index (Phi) is 5.62. The summed E-state index contributed by atoms with van der Waals surface area (Å²) in [5.41, 5.74) is 4.27. The summed E-state index contributed by atoms with van der Waals surface area (Å²) in [6, 6.07) is 11.6. The van der Waals surface area contributed by atoms with Crippen LogP contribution in [-0.4, -0.2) is 29.0 Å². The van der Waals surface area contributed by atoms with E-state index in [2.05, 4.69) is 32.7 Å². The van der Waals surface area contributed by atoms with E-state index in [1.807, 2.05) is 26.0 Å². The minimum absolute atomic E-state index is 0.143. The van der Waals surface area contributed by atoms with E-state index in [1.54, 1.807) is 18.3 Å². The van der Waals surface area contributed by atoms with Gasteiger partial charge < -0.3 is 10.6 Å². The van der Waals surface area contributed by atoms with Crippen molar-refractivity contribution < 1.29 is 4.79 Å². The van der Waals surface area contributed by atoms with Crippen LogP contribution in [0.5, 0.6) is 0 Å². The van der Waals surface area contributed by atoms with Crippen LogP contribution in [0.15, 0.2) is 42.7 Å². The number of hydrogen-bond acceptors (Lipinski definition) is 5. The van der Waals surface area contributed by atoms with Crippen LogP contribution in [0, 0.1) is 25.2 Å². The average molecular weight is 359 g/mol. The SMILES string of the molecule is Cc1cc2cc(C#N)c(NCCCNC(=O)c3cccnc3)nc2cc1C. The van der Waals surface area contributed by atoms with Crippen molar-refractivity contribution in [1.29, 1.82) is 5.26 Å². The molecule has 0 aliphatic carbocycles. The first-order valence-electron chi connectivity index (χ1n) is 8.82. The zero-order valence-corrected chi connectivity index (χ0v) is 15.4. The van der Waals surface area contributed by atoms with Crippen LogP contribution >= 0.6 is 0 Å². The second-order valence-corrected chi connectivity index (χ2v) is 6.40. The molecule has 2 aromatic heterocycles. The van der Waals surface area contributed by atoms with Gasteiger partial charge in [-0.3, -0.25) is 9.78 Å². The highest BCUT2D eigenvalue weighted by Gasteiger charge is 2.08. The molecule has 0 saturated carbocycles. The molecule has 6 heteroatoms. The quantitative estimate of drug-likeness (QED) is 0.659. The van der Waals surface area contributed by atoms with Crippen molar-refractivity contribution in [1.82, 2.24) is 15.3 Å². The average Bonchev–Trinajstić information content (AvgIpc) is 2.69. The minimum Gasteiger partial charge on any atom is -0.369 e. The maximum Gasteiger partial charge on any atom is 0.252 e. The van der Waals surface area contributed by atoms with Crippen LogP contribution in [0.25, 0.3) is 10.9 Å². The maximum atomic E-state index is 12.0. The molecule has 0 aliphatic rings. The Labute approximate surface area is 158 Å². The molecule has 2 heterocycles. The van der Waals surface area contributed by atoms with Gasteiger partial charge in [-0.15, -0.1) is 0 Å². The second kappa shape index (κ2) is 8.28. The van der Waals surface area contributed by atoms with Gasteiger partial charge in [0.25, 0.3) is 5.91 Å². The van der Waals surface area contributed by atoms with Gasteiger partial charge in [-0.05, 0) is 61.7 Å². The number of nitriles is 1. The van der Waals surface area contributed by atoms with E-state index in [-0.39, 0.29) is 5.91 Å². The third-order valence-corrected chi connectivity index (χ3v) is 4.41. The van der Waals surface area contributed by atoms with Crippen molar-refractivity contribution in [3.05, 3.63) is 65.0 Å². The summed E-state index contributed by atoms with van der Waals surface area (Å²) in [4.78, 5) is 20.5. The largest absolute Gasteiger partial charge is 0.369 e. The molecule has 0 fully saturated rings. The topological polar surface area (TPSA) is 90.7 Å². The van der Waals surface area contributed by atoms with Gasteiger partial charge in [-0.25, -0.2) is 4.98 Å². The summed E-state index contributed by atoms with van der Waals surface area (Å²) in [6.45, 7) is 5.22. The van der Waals surface area contributed by atoms with E-state index in [1.165, 1.54) is 17.3 Å². The fraction of sp³-hybridized carbons (Fsp3) is 0.238. The highest BCUT2D eigenvalue weighted by atomic mass is 16.1. The number of aryl methyl sites for hydroxylation is 2. The number of amides is 1. The van der Waals surface area contributed by atoms with Gasteiger partial charge in [0.1, 0.15) is 11.9 Å². The van der Waals surface area contributed by atoms with E-state index in [4.69, 9.17) is 0 Å². The van der Waals surface area contributed by atoms with Gasteiger partial charge in [-0.2, -0.15) is 5.26 Å². The number of nitrogens with one attached hydrogen (secondary N) is 2. The Balaban J connectivity index is 1.59. The number of carbonyl (C=O) groups excluding carboxylic acids is 1. The molecule has 136 valence electrons. The number of hydrogen-bond donors (Lipinski definition) is 2. The van der Waals surface area contributed by atoms with Crippen LogP contribution in [0.1, 0.15) is 33.5 Å². The van der Waals surface area contributed by atoms with Crippen molar-refractivity contribution in [2.45, 2.75) is 20.3 Å². The number of carbonyl (C=O) groups is 1. The highest BCUT2D eigenvalue weighted by Crippen LogP contribution is 2.23. The monoisotopic (exact) mass is 359 g/mol. The molecule has 0 aliphatic heterocycles. The Morgan fingerprint density at radius 3 is 2.74 bits per heavy atom. The lowest BCUT2D eigenvalue weighted by atomic mass is 10.0. The van der Waals surface area contributed by atoms with Crippen LogP contribution < -0.4 is 10.6 Å². The van der Waals surface area contributed by atoms with E-state index in [9.17, 15) is 10.1 Å². The zero-order chi connectivity index (χ0) is 19.2. The van der Waals surface area contributed by atoms with Crippen molar-refractivity contribution in [3.8, 4) is 6.07 Å². The molecule has 6 nitrogen and oxygen atoms in total. The summed E-state index contributed by atoms with van der Waals surface area (Å²) >= 11 is 0. The Bertz CT molecular complexity index is 1010. The lowest BCUT2D eigenvalue weighted by Crippen LogP contribution is -2.26. The molecule has 0 atom stereocenters. The molecule has 0 radical (unpaired) electrons. The fourth-order valence-electron chi connectivity index (χ4n) is 2.76. The number of aromatic nitrogens is 2. The number of pyridine rings is 2. The summed E-state index contributed by atoms with van der Waals surface area (Å²) < 4.78 is 0. The molecule has 0 bridgehead atoms. The number of fused-ring (bicyclic) bond motifs is 1. The van der Waals surface area contributed by atoms with Gasteiger partial charge in [0.15, 0.2) is 0 Å².